The fourth-order valence-electron chi connectivity index (χ4n) is 5.25. The van der Waals surface area contributed by atoms with E-state index in [9.17, 15) is 4.79 Å². The van der Waals surface area contributed by atoms with Gasteiger partial charge in [0, 0.05) is 35.1 Å². The zero-order valence-electron chi connectivity index (χ0n) is 23.3. The number of fused-ring (bicyclic) bond motifs is 1. The molecule has 4 N–H and O–H groups in total. The third-order valence-electron chi connectivity index (χ3n) is 7.68. The second kappa shape index (κ2) is 11.6. The Bertz CT molecular complexity index is 1650. The zero-order chi connectivity index (χ0) is 28.2. The van der Waals surface area contributed by atoms with Crippen molar-refractivity contribution in [1.29, 1.82) is 5.41 Å². The van der Waals surface area contributed by atoms with Crippen LogP contribution in [-0.4, -0.2) is 16.3 Å². The average Bonchev–Trinajstić information content (AvgIpc) is 3.35. The molecule has 0 spiro atoms. The van der Waals surface area contributed by atoms with Gasteiger partial charge in [-0.25, -0.2) is 4.57 Å². The van der Waals surface area contributed by atoms with Gasteiger partial charge in [0.25, 0.3) is 5.91 Å². The van der Waals surface area contributed by atoms with Crippen LogP contribution < -0.4 is 15.6 Å². The standard InChI is InChI=1S/C34H35N5O/c1-4-23(2)28-14-9-15-30-29(28)21-31(39(30)22-24-10-8-13-27(20-24)33(35)36)34(40)37-32(25-11-6-5-7-12-25)26-16-18-38(3)19-17-26/h5-21,23,32H,4,22H2,1-3H3,(H3-,35,36,37,40)/p+1. The van der Waals surface area contributed by atoms with E-state index in [0.717, 1.165) is 34.0 Å². The van der Waals surface area contributed by atoms with Crippen LogP contribution in [0.3, 0.4) is 0 Å². The van der Waals surface area contributed by atoms with E-state index in [4.69, 9.17) is 11.1 Å². The van der Waals surface area contributed by atoms with Crippen LogP contribution in [-0.2, 0) is 13.6 Å². The summed E-state index contributed by atoms with van der Waals surface area (Å²) < 4.78 is 4.07. The summed E-state index contributed by atoms with van der Waals surface area (Å²) in [5, 5.41) is 12.3. The number of nitrogens with two attached hydrogens (primary N) is 1. The summed E-state index contributed by atoms with van der Waals surface area (Å²) in [5.74, 6) is 0.243. The minimum absolute atomic E-state index is 0.0261. The Morgan fingerprint density at radius 1 is 0.950 bits per heavy atom. The molecular weight excluding hydrogens is 494 g/mol. The van der Waals surface area contributed by atoms with Gasteiger partial charge in [-0.1, -0.05) is 74.5 Å². The van der Waals surface area contributed by atoms with Crippen LogP contribution in [0.4, 0.5) is 0 Å². The van der Waals surface area contributed by atoms with Crippen LogP contribution in [0.2, 0.25) is 0 Å². The lowest BCUT2D eigenvalue weighted by Crippen LogP contribution is -2.32. The smallest absolute Gasteiger partial charge is 0.268 e. The van der Waals surface area contributed by atoms with Gasteiger partial charge in [0.15, 0.2) is 12.4 Å². The molecule has 5 aromatic rings. The summed E-state index contributed by atoms with van der Waals surface area (Å²) in [7, 11) is 1.98. The molecule has 40 heavy (non-hydrogen) atoms. The van der Waals surface area contributed by atoms with Crippen molar-refractivity contribution in [2.45, 2.75) is 38.8 Å². The maximum absolute atomic E-state index is 14.2. The molecule has 1 amide bonds. The van der Waals surface area contributed by atoms with E-state index in [1.54, 1.807) is 0 Å². The number of hydrogen-bond donors (Lipinski definition) is 3. The quantitative estimate of drug-likeness (QED) is 0.127. The predicted octanol–water partition coefficient (Wildman–Crippen LogP) is 5.83. The van der Waals surface area contributed by atoms with Gasteiger partial charge in [-0.05, 0) is 52.8 Å². The van der Waals surface area contributed by atoms with E-state index in [1.807, 2.05) is 96.8 Å². The number of amides is 1. The number of aryl methyl sites for hydroxylation is 1. The molecular formula is C34H36N5O+. The third kappa shape index (κ3) is 5.52. The number of carbonyl (C=O) groups is 1. The number of nitrogen functional groups attached to an aromatic ring is 1. The fraction of sp³-hybridized carbons (Fsp3) is 0.206. The second-order valence-corrected chi connectivity index (χ2v) is 10.4. The van der Waals surface area contributed by atoms with Gasteiger partial charge in [-0.15, -0.1) is 0 Å². The van der Waals surface area contributed by atoms with Crippen LogP contribution >= 0.6 is 0 Å². The molecule has 6 nitrogen and oxygen atoms in total. The van der Waals surface area contributed by atoms with Crippen molar-refractivity contribution in [3.05, 3.63) is 137 Å². The molecule has 0 saturated carbocycles. The molecule has 2 unspecified atom stereocenters. The van der Waals surface area contributed by atoms with Crippen LogP contribution in [0.1, 0.15) is 70.5 Å². The number of benzene rings is 3. The first-order valence-corrected chi connectivity index (χ1v) is 13.7. The Morgan fingerprint density at radius 2 is 1.65 bits per heavy atom. The van der Waals surface area contributed by atoms with Crippen molar-refractivity contribution in [2.24, 2.45) is 12.8 Å². The van der Waals surface area contributed by atoms with E-state index in [0.29, 0.717) is 23.7 Å². The number of rotatable bonds is 9. The van der Waals surface area contributed by atoms with Gasteiger partial charge in [0.1, 0.15) is 18.6 Å². The number of amidine groups is 1. The van der Waals surface area contributed by atoms with E-state index in [2.05, 4.69) is 41.9 Å². The van der Waals surface area contributed by atoms with E-state index in [-0.39, 0.29) is 17.8 Å². The summed E-state index contributed by atoms with van der Waals surface area (Å²) in [5.41, 5.74) is 12.3. The van der Waals surface area contributed by atoms with E-state index in [1.165, 1.54) is 5.56 Å². The number of hydrogen-bond acceptors (Lipinski definition) is 2. The molecule has 0 bridgehead atoms. The molecule has 2 heterocycles. The molecule has 5 rings (SSSR count). The highest BCUT2D eigenvalue weighted by atomic mass is 16.2. The first-order valence-electron chi connectivity index (χ1n) is 13.7. The topological polar surface area (TPSA) is 87.8 Å². The monoisotopic (exact) mass is 530 g/mol. The van der Waals surface area contributed by atoms with Gasteiger partial charge in [-0.2, -0.15) is 0 Å². The van der Waals surface area contributed by atoms with Crippen LogP contribution in [0.25, 0.3) is 10.9 Å². The minimum atomic E-state index is -0.309. The van der Waals surface area contributed by atoms with Gasteiger partial charge < -0.3 is 15.6 Å². The molecule has 0 saturated heterocycles. The van der Waals surface area contributed by atoms with Gasteiger partial charge in [0.2, 0.25) is 0 Å². The number of nitrogens with one attached hydrogen (secondary N) is 2. The molecule has 0 aliphatic rings. The molecule has 6 heteroatoms. The number of pyridine rings is 1. The summed E-state index contributed by atoms with van der Waals surface area (Å²) in [4.78, 5) is 14.2. The lowest BCUT2D eigenvalue weighted by atomic mass is 9.95. The maximum atomic E-state index is 14.2. The molecule has 0 aliphatic carbocycles. The second-order valence-electron chi connectivity index (χ2n) is 10.4. The van der Waals surface area contributed by atoms with Gasteiger partial charge >= 0.3 is 0 Å². The van der Waals surface area contributed by atoms with Crippen molar-refractivity contribution in [3.8, 4) is 0 Å². The van der Waals surface area contributed by atoms with Gasteiger partial charge in [-0.3, -0.25) is 10.2 Å². The highest BCUT2D eigenvalue weighted by molar-refractivity contribution is 6.00. The average molecular weight is 531 g/mol. The lowest BCUT2D eigenvalue weighted by Gasteiger charge is -2.20. The summed E-state index contributed by atoms with van der Waals surface area (Å²) in [6.07, 6.45) is 5.00. The molecule has 2 aromatic heterocycles. The Morgan fingerprint density at radius 3 is 2.35 bits per heavy atom. The Balaban J connectivity index is 1.61. The van der Waals surface area contributed by atoms with Crippen molar-refractivity contribution >= 4 is 22.6 Å². The van der Waals surface area contributed by atoms with Crippen LogP contribution in [0, 0.1) is 5.41 Å². The first kappa shape index (κ1) is 26.9. The maximum Gasteiger partial charge on any atom is 0.268 e. The van der Waals surface area contributed by atoms with Crippen LogP contribution in [0.15, 0.2) is 103 Å². The van der Waals surface area contributed by atoms with E-state index < -0.39 is 0 Å². The molecule has 2 atom stereocenters. The third-order valence-corrected chi connectivity index (χ3v) is 7.68. The lowest BCUT2D eigenvalue weighted by molar-refractivity contribution is -0.671. The SMILES string of the molecule is CCC(C)c1cccc2c1cc(C(=O)NC(c1ccccc1)c1cc[n+](C)cc1)n2Cc1cccc(C(=N)N)c1. The van der Waals surface area contributed by atoms with Crippen molar-refractivity contribution < 1.29 is 9.36 Å². The van der Waals surface area contributed by atoms with Crippen LogP contribution in [0.5, 0.6) is 0 Å². The molecule has 0 fully saturated rings. The Labute approximate surface area is 235 Å². The predicted molar refractivity (Wildman–Crippen MR) is 161 cm³/mol. The number of aromatic nitrogens is 2. The summed E-state index contributed by atoms with van der Waals surface area (Å²) in [6, 6.07) is 29.9. The largest absolute Gasteiger partial charge is 0.384 e. The molecule has 202 valence electrons. The number of nitrogens with zero attached hydrogens (tertiary/aromatic N) is 2. The highest BCUT2D eigenvalue weighted by Crippen LogP contribution is 2.31. The Hall–Kier alpha value is -4.71. The van der Waals surface area contributed by atoms with Crippen molar-refractivity contribution in [3.63, 3.8) is 0 Å². The van der Waals surface area contributed by atoms with Crippen molar-refractivity contribution in [1.82, 2.24) is 9.88 Å². The van der Waals surface area contributed by atoms with Gasteiger partial charge in [0.05, 0.1) is 6.04 Å². The molecule has 3 aromatic carbocycles. The summed E-state index contributed by atoms with van der Waals surface area (Å²) >= 11 is 0. The Kier molecular flexibility index (Phi) is 7.78. The highest BCUT2D eigenvalue weighted by Gasteiger charge is 2.23. The van der Waals surface area contributed by atoms with Crippen molar-refractivity contribution in [2.75, 3.05) is 0 Å². The van der Waals surface area contributed by atoms with E-state index >= 15 is 0 Å². The zero-order valence-corrected chi connectivity index (χ0v) is 23.3. The number of carbonyl (C=O) groups excluding carboxylic acids is 1. The molecule has 0 aliphatic heterocycles. The fourth-order valence-corrected chi connectivity index (χ4v) is 5.25. The first-order chi connectivity index (χ1) is 19.4. The normalized spacial score (nSPS) is 12.7. The summed E-state index contributed by atoms with van der Waals surface area (Å²) in [6.45, 7) is 4.89. The minimum Gasteiger partial charge on any atom is -0.384 e. The molecule has 0 radical (unpaired) electrons.